The van der Waals surface area contributed by atoms with Gasteiger partial charge in [-0.05, 0) is 45.3 Å². The van der Waals surface area contributed by atoms with Gasteiger partial charge >= 0.3 is 0 Å². The van der Waals surface area contributed by atoms with E-state index in [-0.39, 0.29) is 23.3 Å². The Morgan fingerprint density at radius 2 is 2.15 bits per heavy atom. The molecule has 2 aromatic rings. The van der Waals surface area contributed by atoms with Crippen LogP contribution in [0.25, 0.3) is 10.2 Å². The van der Waals surface area contributed by atoms with E-state index in [2.05, 4.69) is 15.6 Å². The first-order valence-corrected chi connectivity index (χ1v) is 10.2. The first-order valence-electron chi connectivity index (χ1n) is 9.37. The van der Waals surface area contributed by atoms with Gasteiger partial charge in [-0.25, -0.2) is 4.98 Å². The summed E-state index contributed by atoms with van der Waals surface area (Å²) in [7, 11) is 1.70. The maximum atomic E-state index is 12.7. The molecule has 0 bridgehead atoms. The van der Waals surface area contributed by atoms with Crippen LogP contribution in [0.2, 0.25) is 0 Å². The minimum absolute atomic E-state index is 0.00171. The lowest BCUT2D eigenvalue weighted by Gasteiger charge is -2.37. The molecule has 0 spiro atoms. The third-order valence-electron chi connectivity index (χ3n) is 5.51. The molecule has 2 N–H and O–H groups in total. The highest BCUT2D eigenvalue weighted by molar-refractivity contribution is 7.18. The van der Waals surface area contributed by atoms with Gasteiger partial charge in [0.25, 0.3) is 5.56 Å². The highest BCUT2D eigenvalue weighted by Gasteiger charge is 2.32. The Hall–Kier alpha value is -1.77. The van der Waals surface area contributed by atoms with Gasteiger partial charge in [0.2, 0.25) is 5.91 Å². The van der Waals surface area contributed by atoms with Crippen molar-refractivity contribution in [2.45, 2.75) is 39.7 Å². The Morgan fingerprint density at radius 3 is 2.85 bits per heavy atom. The number of ether oxygens (including phenoxy) is 1. The standard InChI is InChI=1S/C19H28N4O3S/c1-13-14(2)27-17-16(13)18(25)23(12-22-17)9-4-15(24)21-10-19(11-26-3)5-7-20-8-6-19/h12,20H,4-11H2,1-3H3,(H,21,24). The summed E-state index contributed by atoms with van der Waals surface area (Å²) in [5.74, 6) is -0.0470. The topological polar surface area (TPSA) is 85.2 Å². The SMILES string of the molecule is COCC1(CNC(=O)CCn2cnc3sc(C)c(C)c3c2=O)CCNCC1. The van der Waals surface area contributed by atoms with Gasteiger partial charge in [0, 0.05) is 36.9 Å². The van der Waals surface area contributed by atoms with E-state index in [1.165, 1.54) is 15.9 Å². The molecule has 1 fully saturated rings. The van der Waals surface area contributed by atoms with Crippen molar-refractivity contribution < 1.29 is 9.53 Å². The number of piperidine rings is 1. The molecule has 1 aliphatic heterocycles. The number of fused-ring (bicyclic) bond motifs is 1. The Balaban J connectivity index is 1.60. The molecule has 1 amide bonds. The van der Waals surface area contributed by atoms with Gasteiger partial charge in [-0.15, -0.1) is 11.3 Å². The largest absolute Gasteiger partial charge is 0.384 e. The zero-order valence-electron chi connectivity index (χ0n) is 16.3. The Bertz CT molecular complexity index is 862. The smallest absolute Gasteiger partial charge is 0.262 e. The van der Waals surface area contributed by atoms with E-state index in [1.54, 1.807) is 13.4 Å². The number of hydrogen-bond donors (Lipinski definition) is 2. The summed E-state index contributed by atoms with van der Waals surface area (Å²) in [6.45, 7) is 7.42. The van der Waals surface area contributed by atoms with Gasteiger partial charge in [-0.1, -0.05) is 0 Å². The van der Waals surface area contributed by atoms with Crippen molar-refractivity contribution in [2.75, 3.05) is 33.4 Å². The normalized spacial score (nSPS) is 16.6. The average molecular weight is 393 g/mol. The summed E-state index contributed by atoms with van der Waals surface area (Å²) in [6, 6.07) is 0. The molecule has 0 unspecified atom stereocenters. The second-order valence-corrected chi connectivity index (χ2v) is 8.62. The minimum Gasteiger partial charge on any atom is -0.384 e. The van der Waals surface area contributed by atoms with Crippen LogP contribution in [0.1, 0.15) is 29.7 Å². The second kappa shape index (κ2) is 8.50. The zero-order valence-corrected chi connectivity index (χ0v) is 17.1. The van der Waals surface area contributed by atoms with Gasteiger partial charge < -0.3 is 15.4 Å². The molecule has 0 aliphatic carbocycles. The number of carbonyl (C=O) groups is 1. The fourth-order valence-corrected chi connectivity index (χ4v) is 4.65. The summed E-state index contributed by atoms with van der Waals surface area (Å²) >= 11 is 1.53. The van der Waals surface area contributed by atoms with Crippen molar-refractivity contribution in [3.05, 3.63) is 27.1 Å². The summed E-state index contributed by atoms with van der Waals surface area (Å²) < 4.78 is 6.92. The van der Waals surface area contributed by atoms with Crippen LogP contribution in [0.15, 0.2) is 11.1 Å². The Kier molecular flexibility index (Phi) is 6.29. The van der Waals surface area contributed by atoms with Crippen molar-refractivity contribution in [3.63, 3.8) is 0 Å². The van der Waals surface area contributed by atoms with Gasteiger partial charge in [-0.3, -0.25) is 14.2 Å². The van der Waals surface area contributed by atoms with Crippen molar-refractivity contribution in [3.8, 4) is 0 Å². The number of methoxy groups -OCH3 is 1. The van der Waals surface area contributed by atoms with Crippen molar-refractivity contribution in [1.29, 1.82) is 0 Å². The highest BCUT2D eigenvalue weighted by Crippen LogP contribution is 2.28. The summed E-state index contributed by atoms with van der Waals surface area (Å²) in [4.78, 5) is 31.3. The summed E-state index contributed by atoms with van der Waals surface area (Å²) in [5, 5.41) is 7.06. The minimum atomic E-state index is -0.0659. The fourth-order valence-electron chi connectivity index (χ4n) is 3.66. The molecule has 1 aliphatic rings. The number of rotatable bonds is 7. The van der Waals surface area contributed by atoms with E-state index < -0.39 is 0 Å². The van der Waals surface area contributed by atoms with Crippen LogP contribution in [0.3, 0.4) is 0 Å². The van der Waals surface area contributed by atoms with Gasteiger partial charge in [-0.2, -0.15) is 0 Å². The van der Waals surface area contributed by atoms with Crippen LogP contribution in [0, 0.1) is 19.3 Å². The predicted molar refractivity (Wildman–Crippen MR) is 107 cm³/mol. The number of amides is 1. The molecule has 27 heavy (non-hydrogen) atoms. The quantitative estimate of drug-likeness (QED) is 0.748. The molecule has 148 valence electrons. The molecule has 0 aromatic carbocycles. The number of thiophene rings is 1. The van der Waals surface area contributed by atoms with Crippen LogP contribution in [0.4, 0.5) is 0 Å². The van der Waals surface area contributed by atoms with Crippen molar-refractivity contribution in [2.24, 2.45) is 5.41 Å². The maximum Gasteiger partial charge on any atom is 0.262 e. The maximum absolute atomic E-state index is 12.7. The monoisotopic (exact) mass is 392 g/mol. The van der Waals surface area contributed by atoms with Crippen LogP contribution in [-0.4, -0.2) is 48.8 Å². The number of nitrogens with zero attached hydrogens (tertiary/aromatic N) is 2. The van der Waals surface area contributed by atoms with Crippen LogP contribution in [0.5, 0.6) is 0 Å². The molecule has 7 nitrogen and oxygen atoms in total. The van der Waals surface area contributed by atoms with E-state index in [0.717, 1.165) is 41.2 Å². The van der Waals surface area contributed by atoms with E-state index in [1.807, 2.05) is 13.8 Å². The molecule has 8 heteroatoms. The van der Waals surface area contributed by atoms with E-state index in [4.69, 9.17) is 4.74 Å². The lowest BCUT2D eigenvalue weighted by Crippen LogP contribution is -2.47. The molecule has 3 heterocycles. The lowest BCUT2D eigenvalue weighted by atomic mass is 9.79. The zero-order chi connectivity index (χ0) is 19.4. The Labute approximate surface area is 163 Å². The lowest BCUT2D eigenvalue weighted by molar-refractivity contribution is -0.122. The third kappa shape index (κ3) is 4.39. The van der Waals surface area contributed by atoms with Gasteiger partial charge in [0.1, 0.15) is 4.83 Å². The van der Waals surface area contributed by atoms with Crippen molar-refractivity contribution >= 4 is 27.5 Å². The number of hydrogen-bond acceptors (Lipinski definition) is 6. The van der Waals surface area contributed by atoms with E-state index in [9.17, 15) is 9.59 Å². The summed E-state index contributed by atoms with van der Waals surface area (Å²) in [6.07, 6.45) is 3.78. The fraction of sp³-hybridized carbons (Fsp3) is 0.632. The molecular formula is C19H28N4O3S. The molecule has 3 rings (SSSR count). The first kappa shape index (κ1) is 20.0. The molecule has 1 saturated heterocycles. The second-order valence-electron chi connectivity index (χ2n) is 7.42. The molecule has 0 radical (unpaired) electrons. The highest BCUT2D eigenvalue weighted by atomic mass is 32.1. The van der Waals surface area contributed by atoms with Gasteiger partial charge in [0.05, 0.1) is 18.3 Å². The molecule has 2 aromatic heterocycles. The number of aromatic nitrogens is 2. The van der Waals surface area contributed by atoms with E-state index in [0.29, 0.717) is 25.1 Å². The number of nitrogens with one attached hydrogen (secondary N) is 2. The van der Waals surface area contributed by atoms with Gasteiger partial charge in [0.15, 0.2) is 0 Å². The van der Waals surface area contributed by atoms with Crippen LogP contribution < -0.4 is 16.2 Å². The van der Waals surface area contributed by atoms with E-state index >= 15 is 0 Å². The predicted octanol–water partition coefficient (Wildman–Crippen LogP) is 1.60. The van der Waals surface area contributed by atoms with Crippen LogP contribution in [-0.2, 0) is 16.1 Å². The average Bonchev–Trinajstić information content (AvgIpc) is 2.95. The third-order valence-corrected chi connectivity index (χ3v) is 6.63. The van der Waals surface area contributed by atoms with Crippen LogP contribution >= 0.6 is 11.3 Å². The Morgan fingerprint density at radius 1 is 1.41 bits per heavy atom. The molecule has 0 atom stereocenters. The number of aryl methyl sites for hydroxylation is 3. The number of carbonyl (C=O) groups excluding carboxylic acids is 1. The van der Waals surface area contributed by atoms with Crippen molar-refractivity contribution in [1.82, 2.24) is 20.2 Å². The molecular weight excluding hydrogens is 364 g/mol. The first-order chi connectivity index (χ1) is 13.0. The molecule has 0 saturated carbocycles. The summed E-state index contributed by atoms with van der Waals surface area (Å²) in [5.41, 5.74) is 0.917.